The van der Waals surface area contributed by atoms with E-state index >= 15 is 0 Å². The van der Waals surface area contributed by atoms with Gasteiger partial charge in [0.25, 0.3) is 5.91 Å². The number of anilines is 1. The first-order valence-corrected chi connectivity index (χ1v) is 7.31. The molecule has 4 nitrogen and oxygen atoms in total. The fourth-order valence-electron chi connectivity index (χ4n) is 2.08. The standard InChI is InChI=1S/C16H17BrN2O2/c1-10(12-5-3-4-6-14(12)17)19-16(20)13-9-11(18)7-8-15(13)21-2/h3-10H,18H2,1-2H3,(H,19,20). The second-order valence-electron chi connectivity index (χ2n) is 4.68. The molecule has 0 spiro atoms. The number of nitrogens with two attached hydrogens (primary N) is 1. The largest absolute Gasteiger partial charge is 0.496 e. The molecule has 0 heterocycles. The zero-order valence-electron chi connectivity index (χ0n) is 11.9. The van der Waals surface area contributed by atoms with E-state index in [0.717, 1.165) is 10.0 Å². The number of nitrogens with one attached hydrogen (secondary N) is 1. The van der Waals surface area contributed by atoms with Gasteiger partial charge in [0.2, 0.25) is 0 Å². The zero-order chi connectivity index (χ0) is 15.4. The Labute approximate surface area is 132 Å². The third kappa shape index (κ3) is 3.55. The first-order valence-electron chi connectivity index (χ1n) is 6.51. The van der Waals surface area contributed by atoms with Gasteiger partial charge >= 0.3 is 0 Å². The molecule has 5 heteroatoms. The van der Waals surface area contributed by atoms with E-state index in [1.807, 2.05) is 31.2 Å². The van der Waals surface area contributed by atoms with E-state index in [9.17, 15) is 4.79 Å². The van der Waals surface area contributed by atoms with Crippen molar-refractivity contribution in [1.82, 2.24) is 5.32 Å². The van der Waals surface area contributed by atoms with E-state index in [2.05, 4.69) is 21.2 Å². The summed E-state index contributed by atoms with van der Waals surface area (Å²) in [6, 6.07) is 12.6. The van der Waals surface area contributed by atoms with Crippen LogP contribution in [-0.2, 0) is 0 Å². The molecule has 0 aromatic heterocycles. The molecule has 21 heavy (non-hydrogen) atoms. The maximum absolute atomic E-state index is 12.4. The lowest BCUT2D eigenvalue weighted by atomic mass is 10.1. The molecule has 1 unspecified atom stereocenters. The van der Waals surface area contributed by atoms with E-state index in [-0.39, 0.29) is 11.9 Å². The molecule has 1 amide bonds. The molecule has 110 valence electrons. The quantitative estimate of drug-likeness (QED) is 0.830. The summed E-state index contributed by atoms with van der Waals surface area (Å²) in [6.07, 6.45) is 0. The molecule has 0 bridgehead atoms. The summed E-state index contributed by atoms with van der Waals surface area (Å²) in [6.45, 7) is 1.93. The van der Waals surface area contributed by atoms with Crippen molar-refractivity contribution in [3.63, 3.8) is 0 Å². The van der Waals surface area contributed by atoms with Crippen LogP contribution in [0.2, 0.25) is 0 Å². The number of ether oxygens (including phenoxy) is 1. The Morgan fingerprint density at radius 1 is 1.29 bits per heavy atom. The van der Waals surface area contributed by atoms with Crippen molar-refractivity contribution < 1.29 is 9.53 Å². The van der Waals surface area contributed by atoms with Gasteiger partial charge in [-0.25, -0.2) is 0 Å². The normalized spacial score (nSPS) is 11.8. The van der Waals surface area contributed by atoms with Gasteiger partial charge in [0.05, 0.1) is 18.7 Å². The summed E-state index contributed by atoms with van der Waals surface area (Å²) in [4.78, 5) is 12.4. The molecular weight excluding hydrogens is 332 g/mol. The van der Waals surface area contributed by atoms with Crippen LogP contribution in [0.3, 0.4) is 0 Å². The van der Waals surface area contributed by atoms with Crippen molar-refractivity contribution in [2.24, 2.45) is 0 Å². The van der Waals surface area contributed by atoms with Gasteiger partial charge in [-0.15, -0.1) is 0 Å². The predicted octanol–water partition coefficient (Wildman–Crippen LogP) is 3.53. The molecule has 0 saturated carbocycles. The lowest BCUT2D eigenvalue weighted by molar-refractivity contribution is 0.0937. The van der Waals surface area contributed by atoms with Crippen LogP contribution in [0.15, 0.2) is 46.9 Å². The van der Waals surface area contributed by atoms with Crippen LogP contribution < -0.4 is 15.8 Å². The van der Waals surface area contributed by atoms with Crippen molar-refractivity contribution in [2.45, 2.75) is 13.0 Å². The van der Waals surface area contributed by atoms with Gasteiger partial charge in [0, 0.05) is 10.2 Å². The number of nitrogen functional groups attached to an aromatic ring is 1. The highest BCUT2D eigenvalue weighted by molar-refractivity contribution is 9.10. The molecule has 1 atom stereocenters. The van der Waals surface area contributed by atoms with Gasteiger partial charge in [-0.1, -0.05) is 34.1 Å². The molecule has 2 aromatic rings. The number of methoxy groups -OCH3 is 1. The second-order valence-corrected chi connectivity index (χ2v) is 5.53. The van der Waals surface area contributed by atoms with E-state index < -0.39 is 0 Å². The van der Waals surface area contributed by atoms with Crippen molar-refractivity contribution in [3.8, 4) is 5.75 Å². The summed E-state index contributed by atoms with van der Waals surface area (Å²) >= 11 is 3.49. The number of benzene rings is 2. The smallest absolute Gasteiger partial charge is 0.255 e. The average Bonchev–Trinajstić information content (AvgIpc) is 2.47. The number of hydrogen-bond donors (Lipinski definition) is 2. The Bertz CT molecular complexity index is 658. The number of amides is 1. The van der Waals surface area contributed by atoms with Crippen LogP contribution in [0.25, 0.3) is 0 Å². The second kappa shape index (κ2) is 6.63. The van der Waals surface area contributed by atoms with Crippen LogP contribution in [0.1, 0.15) is 28.9 Å². The molecular formula is C16H17BrN2O2. The van der Waals surface area contributed by atoms with Gasteiger partial charge in [-0.05, 0) is 36.8 Å². The van der Waals surface area contributed by atoms with Crippen LogP contribution >= 0.6 is 15.9 Å². The summed E-state index contributed by atoms with van der Waals surface area (Å²) in [5, 5.41) is 2.95. The summed E-state index contributed by atoms with van der Waals surface area (Å²) in [7, 11) is 1.53. The number of carbonyl (C=O) groups is 1. The molecule has 0 radical (unpaired) electrons. The van der Waals surface area contributed by atoms with Crippen molar-refractivity contribution in [3.05, 3.63) is 58.1 Å². The van der Waals surface area contributed by atoms with Crippen LogP contribution in [-0.4, -0.2) is 13.0 Å². The van der Waals surface area contributed by atoms with E-state index in [0.29, 0.717) is 17.0 Å². The Kier molecular flexibility index (Phi) is 4.85. The number of rotatable bonds is 4. The number of carbonyl (C=O) groups excluding carboxylic acids is 1. The minimum Gasteiger partial charge on any atom is -0.496 e. The van der Waals surface area contributed by atoms with Gasteiger partial charge in [0.1, 0.15) is 5.75 Å². The molecule has 2 rings (SSSR count). The molecule has 2 aromatic carbocycles. The Morgan fingerprint density at radius 2 is 2.00 bits per heavy atom. The van der Waals surface area contributed by atoms with Crippen molar-refractivity contribution in [2.75, 3.05) is 12.8 Å². The summed E-state index contributed by atoms with van der Waals surface area (Å²) < 4.78 is 6.16. The highest BCUT2D eigenvalue weighted by Gasteiger charge is 2.17. The molecule has 0 aliphatic heterocycles. The van der Waals surface area contributed by atoms with E-state index in [1.165, 1.54) is 7.11 Å². The average molecular weight is 349 g/mol. The molecule has 0 aliphatic rings. The predicted molar refractivity (Wildman–Crippen MR) is 87.4 cm³/mol. The monoisotopic (exact) mass is 348 g/mol. The number of halogens is 1. The fourth-order valence-corrected chi connectivity index (χ4v) is 2.71. The first kappa shape index (κ1) is 15.4. The third-order valence-electron chi connectivity index (χ3n) is 3.19. The highest BCUT2D eigenvalue weighted by atomic mass is 79.9. The van der Waals surface area contributed by atoms with Crippen LogP contribution in [0.5, 0.6) is 5.75 Å². The fraction of sp³-hybridized carbons (Fsp3) is 0.188. The lowest BCUT2D eigenvalue weighted by Gasteiger charge is -2.17. The van der Waals surface area contributed by atoms with Crippen molar-refractivity contribution in [1.29, 1.82) is 0 Å². The van der Waals surface area contributed by atoms with Gasteiger partial charge in [0.15, 0.2) is 0 Å². The van der Waals surface area contributed by atoms with Crippen LogP contribution in [0, 0.1) is 0 Å². The summed E-state index contributed by atoms with van der Waals surface area (Å²) in [5.41, 5.74) is 7.70. The SMILES string of the molecule is COc1ccc(N)cc1C(=O)NC(C)c1ccccc1Br. The number of hydrogen-bond acceptors (Lipinski definition) is 3. The van der Waals surface area contributed by atoms with Crippen LogP contribution in [0.4, 0.5) is 5.69 Å². The Morgan fingerprint density at radius 3 is 2.67 bits per heavy atom. The topological polar surface area (TPSA) is 64.3 Å². The highest BCUT2D eigenvalue weighted by Crippen LogP contribution is 2.25. The third-order valence-corrected chi connectivity index (χ3v) is 3.91. The minimum absolute atomic E-state index is 0.140. The molecule has 0 aliphatic carbocycles. The Balaban J connectivity index is 2.22. The first-order chi connectivity index (χ1) is 10.0. The van der Waals surface area contributed by atoms with Crippen molar-refractivity contribution >= 4 is 27.5 Å². The lowest BCUT2D eigenvalue weighted by Crippen LogP contribution is -2.27. The van der Waals surface area contributed by atoms with Gasteiger partial charge in [-0.3, -0.25) is 4.79 Å². The van der Waals surface area contributed by atoms with Gasteiger partial charge in [-0.2, -0.15) is 0 Å². The minimum atomic E-state index is -0.220. The maximum Gasteiger partial charge on any atom is 0.255 e. The zero-order valence-corrected chi connectivity index (χ0v) is 13.5. The van der Waals surface area contributed by atoms with E-state index in [1.54, 1.807) is 18.2 Å². The molecule has 3 N–H and O–H groups in total. The Hall–Kier alpha value is -2.01. The molecule has 0 saturated heterocycles. The molecule has 0 fully saturated rings. The maximum atomic E-state index is 12.4. The summed E-state index contributed by atoms with van der Waals surface area (Å²) in [5.74, 6) is 0.281. The van der Waals surface area contributed by atoms with E-state index in [4.69, 9.17) is 10.5 Å². The van der Waals surface area contributed by atoms with Gasteiger partial charge < -0.3 is 15.8 Å².